The lowest BCUT2D eigenvalue weighted by molar-refractivity contribution is -0.141. The van der Waals surface area contributed by atoms with Crippen molar-refractivity contribution in [3.8, 4) is 0 Å². The van der Waals surface area contributed by atoms with Gasteiger partial charge in [0.2, 0.25) is 11.8 Å². The van der Waals surface area contributed by atoms with Crippen LogP contribution < -0.4 is 5.32 Å². The van der Waals surface area contributed by atoms with E-state index in [2.05, 4.69) is 23.4 Å². The highest BCUT2D eigenvalue weighted by atomic mass is 16.2. The minimum atomic E-state index is -0.0613. The van der Waals surface area contributed by atoms with Crippen LogP contribution in [0.3, 0.4) is 0 Å². The molecule has 2 aliphatic rings. The predicted molar refractivity (Wildman–Crippen MR) is 86.8 cm³/mol. The normalized spacial score (nSPS) is 25.3. The third-order valence-electron chi connectivity index (χ3n) is 5.01. The number of likely N-dealkylation sites (tertiary alicyclic amines) is 1. The van der Waals surface area contributed by atoms with Crippen molar-refractivity contribution in [2.45, 2.75) is 58.5 Å². The van der Waals surface area contributed by atoms with Gasteiger partial charge in [0, 0.05) is 25.2 Å². The molecule has 0 radical (unpaired) electrons. The minimum Gasteiger partial charge on any atom is -0.355 e. The molecule has 1 aromatic heterocycles. The molecule has 0 unspecified atom stereocenters. The van der Waals surface area contributed by atoms with Crippen LogP contribution in [-0.4, -0.2) is 45.6 Å². The number of aromatic nitrogens is 2. The summed E-state index contributed by atoms with van der Waals surface area (Å²) in [4.78, 5) is 26.2. The van der Waals surface area contributed by atoms with Crippen LogP contribution in [0.2, 0.25) is 0 Å². The molecule has 2 atom stereocenters. The molecule has 0 saturated carbocycles. The van der Waals surface area contributed by atoms with Crippen LogP contribution in [0.1, 0.15) is 43.5 Å². The number of piperidine rings is 2. The van der Waals surface area contributed by atoms with E-state index >= 15 is 0 Å². The van der Waals surface area contributed by atoms with E-state index < -0.39 is 0 Å². The molecule has 0 aromatic carbocycles. The van der Waals surface area contributed by atoms with Crippen molar-refractivity contribution >= 4 is 11.8 Å². The number of rotatable bonds is 3. The molecular weight excluding hydrogens is 292 g/mol. The first-order valence-electron chi connectivity index (χ1n) is 8.63. The zero-order valence-corrected chi connectivity index (χ0v) is 14.0. The fourth-order valence-corrected chi connectivity index (χ4v) is 3.72. The second-order valence-electron chi connectivity index (χ2n) is 6.83. The summed E-state index contributed by atoms with van der Waals surface area (Å²) in [5.41, 5.74) is 2.16. The highest BCUT2D eigenvalue weighted by Crippen LogP contribution is 2.23. The molecule has 1 N–H and O–H groups in total. The van der Waals surface area contributed by atoms with Gasteiger partial charge in [0.15, 0.2) is 0 Å². The van der Waals surface area contributed by atoms with E-state index in [-0.39, 0.29) is 23.8 Å². The number of hydrogen-bond acceptors (Lipinski definition) is 3. The van der Waals surface area contributed by atoms with E-state index in [1.165, 1.54) is 0 Å². The molecule has 126 valence electrons. The second-order valence-corrected chi connectivity index (χ2v) is 6.83. The average molecular weight is 318 g/mol. The number of nitrogens with one attached hydrogen (secondary N) is 1. The van der Waals surface area contributed by atoms with Crippen molar-refractivity contribution in [2.24, 2.45) is 5.92 Å². The van der Waals surface area contributed by atoms with Gasteiger partial charge in [-0.1, -0.05) is 0 Å². The molecule has 6 heteroatoms. The van der Waals surface area contributed by atoms with Crippen LogP contribution in [-0.2, 0) is 16.1 Å². The maximum atomic E-state index is 12.9. The van der Waals surface area contributed by atoms with Crippen molar-refractivity contribution in [1.29, 1.82) is 0 Å². The number of carbonyl (C=O) groups excluding carboxylic acids is 2. The lowest BCUT2D eigenvalue weighted by Gasteiger charge is -2.38. The van der Waals surface area contributed by atoms with Gasteiger partial charge in [0.25, 0.3) is 0 Å². The van der Waals surface area contributed by atoms with E-state index in [0.717, 1.165) is 43.7 Å². The Morgan fingerprint density at radius 2 is 2.17 bits per heavy atom. The summed E-state index contributed by atoms with van der Waals surface area (Å²) in [6, 6.07) is 2.29. The monoisotopic (exact) mass is 318 g/mol. The average Bonchev–Trinajstić information content (AvgIpc) is 2.85. The van der Waals surface area contributed by atoms with Crippen molar-refractivity contribution in [2.75, 3.05) is 13.1 Å². The quantitative estimate of drug-likeness (QED) is 0.916. The lowest BCUT2D eigenvalue weighted by Crippen LogP contribution is -2.51. The van der Waals surface area contributed by atoms with Crippen molar-refractivity contribution in [3.05, 3.63) is 17.5 Å². The Hall–Kier alpha value is -1.85. The largest absolute Gasteiger partial charge is 0.355 e. The molecule has 2 aliphatic heterocycles. The summed E-state index contributed by atoms with van der Waals surface area (Å²) >= 11 is 0. The van der Waals surface area contributed by atoms with Gasteiger partial charge in [-0.05, 0) is 45.6 Å². The molecule has 2 fully saturated rings. The standard InChI is InChI=1S/C17H26N4O2/c1-12-9-13(2)21(19-12)11-15-5-3-4-8-20(15)17(23)14-6-7-16(22)18-10-14/h9,14-15H,3-8,10-11H2,1-2H3,(H,18,22)/t14-,15-/m1/s1. The van der Waals surface area contributed by atoms with E-state index in [4.69, 9.17) is 0 Å². The first-order chi connectivity index (χ1) is 11.0. The maximum Gasteiger partial charge on any atom is 0.227 e. The Labute approximate surface area is 137 Å². The van der Waals surface area contributed by atoms with Crippen LogP contribution in [0, 0.1) is 19.8 Å². The summed E-state index contributed by atoms with van der Waals surface area (Å²) in [5.74, 6) is 0.205. The molecule has 0 aliphatic carbocycles. The Kier molecular flexibility index (Phi) is 4.68. The van der Waals surface area contributed by atoms with Crippen molar-refractivity contribution in [1.82, 2.24) is 20.0 Å². The van der Waals surface area contributed by atoms with Gasteiger partial charge in [-0.2, -0.15) is 5.10 Å². The summed E-state index contributed by atoms with van der Waals surface area (Å²) in [6.07, 6.45) is 4.40. The van der Waals surface area contributed by atoms with Gasteiger partial charge in [-0.25, -0.2) is 0 Å². The molecule has 23 heavy (non-hydrogen) atoms. The minimum absolute atomic E-state index is 0.0613. The molecule has 3 rings (SSSR count). The van der Waals surface area contributed by atoms with Crippen LogP contribution in [0.25, 0.3) is 0 Å². The third-order valence-corrected chi connectivity index (χ3v) is 5.01. The number of carbonyl (C=O) groups is 2. The Morgan fingerprint density at radius 1 is 1.35 bits per heavy atom. The molecule has 0 spiro atoms. The Bertz CT molecular complexity index is 585. The van der Waals surface area contributed by atoms with Crippen LogP contribution in [0.5, 0.6) is 0 Å². The first kappa shape index (κ1) is 16.0. The summed E-state index contributed by atoms with van der Waals surface area (Å²) in [7, 11) is 0. The molecule has 0 bridgehead atoms. The third kappa shape index (κ3) is 3.57. The van der Waals surface area contributed by atoms with Crippen molar-refractivity contribution < 1.29 is 9.59 Å². The summed E-state index contributed by atoms with van der Waals surface area (Å²) in [6.45, 7) is 6.14. The number of nitrogens with zero attached hydrogens (tertiary/aromatic N) is 3. The van der Waals surface area contributed by atoms with E-state index in [9.17, 15) is 9.59 Å². The molecule has 1 aromatic rings. The highest BCUT2D eigenvalue weighted by Gasteiger charge is 2.33. The molecular formula is C17H26N4O2. The van der Waals surface area contributed by atoms with Gasteiger partial charge in [-0.15, -0.1) is 0 Å². The fourth-order valence-electron chi connectivity index (χ4n) is 3.72. The lowest BCUT2D eigenvalue weighted by atomic mass is 9.94. The molecule has 2 amide bonds. The highest BCUT2D eigenvalue weighted by molar-refractivity contribution is 5.84. The van der Waals surface area contributed by atoms with E-state index in [1.807, 2.05) is 16.5 Å². The number of hydrogen-bond donors (Lipinski definition) is 1. The summed E-state index contributed by atoms with van der Waals surface area (Å²) in [5, 5.41) is 7.37. The SMILES string of the molecule is Cc1cc(C)n(C[C@H]2CCCCN2C(=O)[C@@H]2CCC(=O)NC2)n1. The van der Waals surface area contributed by atoms with Crippen LogP contribution >= 0.6 is 0 Å². The van der Waals surface area contributed by atoms with E-state index in [1.54, 1.807) is 0 Å². The van der Waals surface area contributed by atoms with Crippen LogP contribution in [0.15, 0.2) is 6.07 Å². The van der Waals surface area contributed by atoms with Gasteiger partial charge in [-0.3, -0.25) is 14.3 Å². The number of aryl methyl sites for hydroxylation is 2. The predicted octanol–water partition coefficient (Wildman–Crippen LogP) is 1.41. The topological polar surface area (TPSA) is 67.2 Å². The Morgan fingerprint density at radius 3 is 2.83 bits per heavy atom. The van der Waals surface area contributed by atoms with E-state index in [0.29, 0.717) is 19.4 Å². The van der Waals surface area contributed by atoms with Crippen LogP contribution in [0.4, 0.5) is 0 Å². The zero-order chi connectivity index (χ0) is 16.4. The van der Waals surface area contributed by atoms with Crippen molar-refractivity contribution in [3.63, 3.8) is 0 Å². The molecule has 3 heterocycles. The van der Waals surface area contributed by atoms with Gasteiger partial charge >= 0.3 is 0 Å². The smallest absolute Gasteiger partial charge is 0.227 e. The van der Waals surface area contributed by atoms with Gasteiger partial charge in [0.05, 0.1) is 24.2 Å². The molecule has 6 nitrogen and oxygen atoms in total. The van der Waals surface area contributed by atoms with Gasteiger partial charge in [0.1, 0.15) is 0 Å². The zero-order valence-electron chi connectivity index (χ0n) is 14.0. The first-order valence-corrected chi connectivity index (χ1v) is 8.63. The van der Waals surface area contributed by atoms with Gasteiger partial charge < -0.3 is 10.2 Å². The molecule has 2 saturated heterocycles. The second kappa shape index (κ2) is 6.72. The maximum absolute atomic E-state index is 12.9. The summed E-state index contributed by atoms with van der Waals surface area (Å²) < 4.78 is 2.02. The fraction of sp³-hybridized carbons (Fsp3) is 0.706. The number of amides is 2. The Balaban J connectivity index is 1.69.